The van der Waals surface area contributed by atoms with E-state index in [2.05, 4.69) is 9.24 Å². The lowest BCUT2D eigenvalue weighted by Crippen LogP contribution is -2.30. The molecule has 10 heavy (non-hydrogen) atoms. The molecular weight excluding hydrogens is 169 g/mol. The van der Waals surface area contributed by atoms with E-state index in [1.807, 2.05) is 0 Å². The molecule has 0 radical (unpaired) electrons. The molecule has 0 aliphatic heterocycles. The highest BCUT2D eigenvalue weighted by Gasteiger charge is 2.09. The molecule has 0 aliphatic carbocycles. The van der Waals surface area contributed by atoms with E-state index in [4.69, 9.17) is 10.8 Å². The predicted molar refractivity (Wildman–Crippen MR) is 47.3 cm³/mol. The lowest BCUT2D eigenvalue weighted by molar-refractivity contribution is -0.138. The van der Waals surface area contributed by atoms with Crippen molar-refractivity contribution in [3.63, 3.8) is 0 Å². The third kappa shape index (κ3) is 5.03. The van der Waals surface area contributed by atoms with Crippen LogP contribution in [0.5, 0.6) is 0 Å². The van der Waals surface area contributed by atoms with Crippen LogP contribution in [0, 0.1) is 0 Å². The SMILES string of the molecule is N[C@@H](CCSCP)C(=O)O. The van der Waals surface area contributed by atoms with Crippen LogP contribution in [-0.2, 0) is 4.79 Å². The number of carboxylic acids is 1. The van der Waals surface area contributed by atoms with E-state index in [1.165, 1.54) is 0 Å². The summed E-state index contributed by atoms with van der Waals surface area (Å²) in [5.41, 5.74) is 6.17. The summed E-state index contributed by atoms with van der Waals surface area (Å²) < 4.78 is 0. The van der Waals surface area contributed by atoms with Crippen molar-refractivity contribution in [1.29, 1.82) is 0 Å². The van der Waals surface area contributed by atoms with Gasteiger partial charge < -0.3 is 10.8 Å². The van der Waals surface area contributed by atoms with Crippen LogP contribution in [0.1, 0.15) is 6.42 Å². The molecule has 0 aliphatic rings. The average molecular weight is 181 g/mol. The topological polar surface area (TPSA) is 63.3 Å². The maximum atomic E-state index is 10.2. The Morgan fingerprint density at radius 1 is 1.80 bits per heavy atom. The van der Waals surface area contributed by atoms with Gasteiger partial charge in [-0.15, -0.1) is 9.24 Å². The largest absolute Gasteiger partial charge is 0.480 e. The number of hydrogen-bond donors (Lipinski definition) is 2. The molecule has 0 aromatic rings. The summed E-state index contributed by atoms with van der Waals surface area (Å²) in [6.45, 7) is 0. The van der Waals surface area contributed by atoms with Gasteiger partial charge >= 0.3 is 5.97 Å². The van der Waals surface area contributed by atoms with Crippen molar-refractivity contribution < 1.29 is 9.90 Å². The number of rotatable bonds is 5. The van der Waals surface area contributed by atoms with Crippen molar-refractivity contribution in [2.24, 2.45) is 5.73 Å². The molecule has 0 amide bonds. The van der Waals surface area contributed by atoms with Crippen LogP contribution >= 0.6 is 21.0 Å². The highest BCUT2D eigenvalue weighted by Crippen LogP contribution is 2.06. The molecule has 0 aromatic carbocycles. The molecule has 0 fully saturated rings. The molecule has 60 valence electrons. The van der Waals surface area contributed by atoms with Gasteiger partial charge in [0.25, 0.3) is 0 Å². The van der Waals surface area contributed by atoms with E-state index in [0.717, 1.165) is 11.2 Å². The Kier molecular flexibility index (Phi) is 6.08. The van der Waals surface area contributed by atoms with Crippen molar-refractivity contribution >= 4 is 27.0 Å². The van der Waals surface area contributed by atoms with Crippen molar-refractivity contribution in [1.82, 2.24) is 0 Å². The van der Waals surface area contributed by atoms with Crippen LogP contribution in [0.2, 0.25) is 0 Å². The summed E-state index contributed by atoms with van der Waals surface area (Å²) in [5.74, 6) is -0.0962. The molecule has 0 aromatic heterocycles. The molecule has 5 heteroatoms. The molecule has 2 atom stereocenters. The second-order valence-electron chi connectivity index (χ2n) is 1.81. The fourth-order valence-electron chi connectivity index (χ4n) is 0.417. The number of carboxylic acid groups (broad SMARTS) is 1. The van der Waals surface area contributed by atoms with Crippen LogP contribution in [0.3, 0.4) is 0 Å². The highest BCUT2D eigenvalue weighted by atomic mass is 32.2. The molecule has 0 bridgehead atoms. The average Bonchev–Trinajstić information content (AvgIpc) is 1.88. The lowest BCUT2D eigenvalue weighted by Gasteiger charge is -2.03. The Hall–Kier alpha value is 0.210. The van der Waals surface area contributed by atoms with Gasteiger partial charge in [-0.3, -0.25) is 4.79 Å². The second kappa shape index (κ2) is 5.96. The Balaban J connectivity index is 3.21. The van der Waals surface area contributed by atoms with Crippen molar-refractivity contribution in [2.75, 3.05) is 11.2 Å². The van der Waals surface area contributed by atoms with Gasteiger partial charge in [-0.1, -0.05) is 0 Å². The maximum absolute atomic E-state index is 10.2. The minimum absolute atomic E-state index is 0.550. The first kappa shape index (κ1) is 10.2. The van der Waals surface area contributed by atoms with Gasteiger partial charge in [-0.25, -0.2) is 0 Å². The van der Waals surface area contributed by atoms with Gasteiger partial charge in [0, 0.05) is 5.49 Å². The number of aliphatic carboxylic acids is 1. The zero-order valence-corrected chi connectivity index (χ0v) is 7.59. The highest BCUT2D eigenvalue weighted by molar-refractivity contribution is 8.02. The first-order chi connectivity index (χ1) is 4.68. The Morgan fingerprint density at radius 2 is 2.40 bits per heavy atom. The predicted octanol–water partition coefficient (Wildman–Crippen LogP) is 0.354. The van der Waals surface area contributed by atoms with Gasteiger partial charge in [0.05, 0.1) is 0 Å². The Labute approximate surface area is 66.9 Å². The summed E-state index contributed by atoms with van der Waals surface area (Å²) in [6.07, 6.45) is 0.550. The van der Waals surface area contributed by atoms with Crippen molar-refractivity contribution in [3.8, 4) is 0 Å². The van der Waals surface area contributed by atoms with Gasteiger partial charge in [0.15, 0.2) is 0 Å². The molecule has 0 rings (SSSR count). The normalized spacial score (nSPS) is 13.0. The molecule has 0 heterocycles. The zero-order valence-electron chi connectivity index (χ0n) is 5.62. The van der Waals surface area contributed by atoms with Gasteiger partial charge in [-0.05, 0) is 12.2 Å². The Morgan fingerprint density at radius 3 is 2.80 bits per heavy atom. The van der Waals surface area contributed by atoms with E-state index >= 15 is 0 Å². The number of hydrogen-bond acceptors (Lipinski definition) is 3. The number of nitrogens with two attached hydrogens (primary N) is 1. The maximum Gasteiger partial charge on any atom is 0.320 e. The quantitative estimate of drug-likeness (QED) is 0.474. The molecule has 0 spiro atoms. The molecule has 3 nitrogen and oxygen atoms in total. The third-order valence-corrected chi connectivity index (χ3v) is 2.48. The van der Waals surface area contributed by atoms with Gasteiger partial charge in [-0.2, -0.15) is 11.8 Å². The van der Waals surface area contributed by atoms with Gasteiger partial charge in [0.2, 0.25) is 0 Å². The fraction of sp³-hybridized carbons (Fsp3) is 0.800. The standard InChI is InChI=1S/C5H12NO2PS/c6-4(5(7)8)1-2-10-3-9/h4H,1-3,6,9H2,(H,7,8)/t4-/m0/s1. The first-order valence-electron chi connectivity index (χ1n) is 2.94. The van der Waals surface area contributed by atoms with Gasteiger partial charge in [0.1, 0.15) is 6.04 Å². The van der Waals surface area contributed by atoms with E-state index < -0.39 is 12.0 Å². The van der Waals surface area contributed by atoms with E-state index in [0.29, 0.717) is 6.42 Å². The number of thioether (sulfide) groups is 1. The summed E-state index contributed by atoms with van der Waals surface area (Å²) in [5, 5.41) is 8.34. The minimum Gasteiger partial charge on any atom is -0.480 e. The number of carbonyl (C=O) groups is 1. The summed E-state index contributed by atoms with van der Waals surface area (Å²) in [6, 6.07) is -0.691. The zero-order chi connectivity index (χ0) is 7.98. The Bertz CT molecular complexity index is 112. The van der Waals surface area contributed by atoms with E-state index in [-0.39, 0.29) is 0 Å². The second-order valence-corrected chi connectivity index (χ2v) is 3.96. The molecule has 1 unspecified atom stereocenters. The summed E-state index contributed by atoms with van der Waals surface area (Å²) in [7, 11) is 2.56. The van der Waals surface area contributed by atoms with E-state index in [9.17, 15) is 4.79 Å². The molecule has 0 saturated carbocycles. The monoisotopic (exact) mass is 181 g/mol. The van der Waals surface area contributed by atoms with Crippen molar-refractivity contribution in [3.05, 3.63) is 0 Å². The van der Waals surface area contributed by atoms with Crippen molar-refractivity contribution in [2.45, 2.75) is 12.5 Å². The van der Waals surface area contributed by atoms with Crippen LogP contribution in [-0.4, -0.2) is 28.4 Å². The van der Waals surface area contributed by atoms with Crippen LogP contribution in [0.15, 0.2) is 0 Å². The van der Waals surface area contributed by atoms with E-state index in [1.54, 1.807) is 11.8 Å². The molecule has 0 saturated heterocycles. The third-order valence-electron chi connectivity index (χ3n) is 1.01. The van der Waals surface area contributed by atoms with Crippen LogP contribution in [0.4, 0.5) is 0 Å². The molecule has 3 N–H and O–H groups in total. The minimum atomic E-state index is -0.913. The summed E-state index contributed by atoms with van der Waals surface area (Å²) in [4.78, 5) is 10.2. The van der Waals surface area contributed by atoms with Crippen LogP contribution in [0.25, 0.3) is 0 Å². The fourth-order valence-corrected chi connectivity index (χ4v) is 1.50. The van der Waals surface area contributed by atoms with Crippen LogP contribution < -0.4 is 5.73 Å². The molecular formula is C5H12NO2PS. The lowest BCUT2D eigenvalue weighted by atomic mass is 10.2. The summed E-state index contributed by atoms with van der Waals surface area (Å²) >= 11 is 1.67. The smallest absolute Gasteiger partial charge is 0.320 e. The first-order valence-corrected chi connectivity index (χ1v) is 4.91.